The van der Waals surface area contributed by atoms with Gasteiger partial charge < -0.3 is 10.2 Å². The summed E-state index contributed by atoms with van der Waals surface area (Å²) in [5.41, 5.74) is 0. The van der Waals surface area contributed by atoms with Crippen LogP contribution in [0.25, 0.3) is 0 Å². The van der Waals surface area contributed by atoms with E-state index in [0.29, 0.717) is 18.5 Å². The van der Waals surface area contributed by atoms with Crippen LogP contribution in [0.2, 0.25) is 0 Å². The molecule has 1 aromatic rings. The minimum Gasteiger partial charge on any atom is -0.348 e. The summed E-state index contributed by atoms with van der Waals surface area (Å²) in [6, 6.07) is 0.312. The smallest absolute Gasteiger partial charge is 0.288 e. The number of carbonyl (C=O) groups excluding carboxylic acids is 1. The highest BCUT2D eigenvalue weighted by molar-refractivity contribution is 5.90. The van der Waals surface area contributed by atoms with Crippen molar-refractivity contribution in [1.82, 2.24) is 25.4 Å². The first-order chi connectivity index (χ1) is 7.52. The first-order valence-electron chi connectivity index (χ1n) is 5.32. The van der Waals surface area contributed by atoms with E-state index in [9.17, 15) is 4.79 Å². The molecule has 1 heterocycles. The standard InChI is InChI=1S/C10H19N5O/c1-7(2)8(15(3)4)5-11-10(16)9-12-6-13-14-9/h6-8H,5H2,1-4H3,(H,11,16)(H,12,13,14). The van der Waals surface area contributed by atoms with E-state index in [4.69, 9.17) is 0 Å². The van der Waals surface area contributed by atoms with E-state index >= 15 is 0 Å². The lowest BCUT2D eigenvalue weighted by molar-refractivity contribution is 0.0924. The van der Waals surface area contributed by atoms with E-state index in [2.05, 4.69) is 39.2 Å². The molecular weight excluding hydrogens is 206 g/mol. The van der Waals surface area contributed by atoms with Crippen molar-refractivity contribution in [3.05, 3.63) is 12.2 Å². The number of hydrogen-bond acceptors (Lipinski definition) is 4. The Labute approximate surface area is 95.4 Å². The number of nitrogens with zero attached hydrogens (tertiary/aromatic N) is 3. The number of nitrogens with one attached hydrogen (secondary N) is 2. The van der Waals surface area contributed by atoms with Crippen LogP contribution in [0, 0.1) is 5.92 Å². The summed E-state index contributed by atoms with van der Waals surface area (Å²) in [5.74, 6) is 0.510. The number of hydrogen-bond donors (Lipinski definition) is 2. The third kappa shape index (κ3) is 3.30. The van der Waals surface area contributed by atoms with Gasteiger partial charge in [-0.25, -0.2) is 4.98 Å². The lowest BCUT2D eigenvalue weighted by Crippen LogP contribution is -2.43. The van der Waals surface area contributed by atoms with Crippen molar-refractivity contribution >= 4 is 5.91 Å². The minimum absolute atomic E-state index is 0.218. The largest absolute Gasteiger partial charge is 0.348 e. The molecule has 0 fully saturated rings. The first kappa shape index (κ1) is 12.6. The van der Waals surface area contributed by atoms with E-state index in [0.717, 1.165) is 0 Å². The molecule has 2 N–H and O–H groups in total. The van der Waals surface area contributed by atoms with Gasteiger partial charge >= 0.3 is 0 Å². The third-order valence-electron chi connectivity index (χ3n) is 2.53. The zero-order chi connectivity index (χ0) is 12.1. The van der Waals surface area contributed by atoms with E-state index in [1.165, 1.54) is 6.33 Å². The molecule has 1 unspecified atom stereocenters. The molecule has 0 saturated carbocycles. The number of rotatable bonds is 5. The van der Waals surface area contributed by atoms with E-state index in [1.807, 2.05) is 14.1 Å². The van der Waals surface area contributed by atoms with Crippen LogP contribution in [0.1, 0.15) is 24.5 Å². The summed E-state index contributed by atoms with van der Waals surface area (Å²) in [6.07, 6.45) is 1.32. The predicted octanol–water partition coefficient (Wildman–Crippen LogP) is 0.121. The SMILES string of the molecule is CC(C)C(CNC(=O)c1ncn[nH]1)N(C)C. The molecule has 0 aliphatic carbocycles. The molecule has 0 radical (unpaired) electrons. The van der Waals surface area contributed by atoms with Gasteiger partial charge in [0.05, 0.1) is 0 Å². The highest BCUT2D eigenvalue weighted by Crippen LogP contribution is 2.06. The minimum atomic E-state index is -0.218. The lowest BCUT2D eigenvalue weighted by Gasteiger charge is -2.27. The average molecular weight is 225 g/mol. The monoisotopic (exact) mass is 225 g/mol. The lowest BCUT2D eigenvalue weighted by atomic mass is 10.0. The topological polar surface area (TPSA) is 73.9 Å². The predicted molar refractivity (Wildman–Crippen MR) is 61.0 cm³/mol. The fourth-order valence-corrected chi connectivity index (χ4v) is 1.61. The van der Waals surface area contributed by atoms with Gasteiger partial charge in [-0.05, 0) is 20.0 Å². The number of amides is 1. The van der Waals surface area contributed by atoms with E-state index in [-0.39, 0.29) is 11.7 Å². The molecule has 16 heavy (non-hydrogen) atoms. The van der Waals surface area contributed by atoms with Crippen LogP contribution in [-0.4, -0.2) is 52.7 Å². The Kier molecular flexibility index (Phi) is 4.42. The second-order valence-corrected chi connectivity index (χ2v) is 4.32. The maximum atomic E-state index is 11.6. The van der Waals surface area contributed by atoms with Gasteiger partial charge in [0.25, 0.3) is 5.91 Å². The summed E-state index contributed by atoms with van der Waals surface area (Å²) in [7, 11) is 4.01. The Morgan fingerprint density at radius 3 is 2.69 bits per heavy atom. The van der Waals surface area contributed by atoms with Gasteiger partial charge in [-0.3, -0.25) is 9.89 Å². The number of aromatic nitrogens is 3. The van der Waals surface area contributed by atoms with E-state index < -0.39 is 0 Å². The molecule has 0 aliphatic rings. The second kappa shape index (κ2) is 5.60. The summed E-state index contributed by atoms with van der Waals surface area (Å²) in [5, 5.41) is 9.00. The van der Waals surface area contributed by atoms with Crippen LogP contribution in [0.15, 0.2) is 6.33 Å². The maximum Gasteiger partial charge on any atom is 0.288 e. The zero-order valence-electron chi connectivity index (χ0n) is 10.2. The van der Waals surface area contributed by atoms with Crippen LogP contribution in [-0.2, 0) is 0 Å². The molecule has 0 spiro atoms. The Bertz CT molecular complexity index is 312. The van der Waals surface area contributed by atoms with Gasteiger partial charge in [-0.15, -0.1) is 0 Å². The molecule has 0 aliphatic heterocycles. The van der Waals surface area contributed by atoms with Gasteiger partial charge in [0.15, 0.2) is 0 Å². The van der Waals surface area contributed by atoms with E-state index in [1.54, 1.807) is 0 Å². The maximum absolute atomic E-state index is 11.6. The fourth-order valence-electron chi connectivity index (χ4n) is 1.61. The second-order valence-electron chi connectivity index (χ2n) is 4.32. The highest BCUT2D eigenvalue weighted by atomic mass is 16.2. The van der Waals surface area contributed by atoms with Crippen molar-refractivity contribution in [1.29, 1.82) is 0 Å². The molecule has 0 aromatic carbocycles. The zero-order valence-corrected chi connectivity index (χ0v) is 10.2. The van der Waals surface area contributed by atoms with Crippen molar-refractivity contribution in [3.63, 3.8) is 0 Å². The van der Waals surface area contributed by atoms with Gasteiger partial charge in [-0.1, -0.05) is 13.8 Å². The Morgan fingerprint density at radius 1 is 1.56 bits per heavy atom. The normalized spacial score (nSPS) is 13.1. The number of carbonyl (C=O) groups is 1. The summed E-state index contributed by atoms with van der Waals surface area (Å²) < 4.78 is 0. The van der Waals surface area contributed by atoms with Crippen molar-refractivity contribution < 1.29 is 4.79 Å². The fraction of sp³-hybridized carbons (Fsp3) is 0.700. The number of likely N-dealkylation sites (N-methyl/N-ethyl adjacent to an activating group) is 1. The molecular formula is C10H19N5O. The molecule has 6 heteroatoms. The molecule has 1 atom stereocenters. The molecule has 0 saturated heterocycles. The first-order valence-corrected chi connectivity index (χ1v) is 5.32. The summed E-state index contributed by atoms with van der Waals surface area (Å²) in [6.45, 7) is 4.86. The Morgan fingerprint density at radius 2 is 2.25 bits per heavy atom. The Balaban J connectivity index is 2.47. The van der Waals surface area contributed by atoms with Crippen molar-refractivity contribution in [2.24, 2.45) is 5.92 Å². The molecule has 1 rings (SSSR count). The van der Waals surface area contributed by atoms with Crippen LogP contribution in [0.4, 0.5) is 0 Å². The third-order valence-corrected chi connectivity index (χ3v) is 2.53. The van der Waals surface area contributed by atoms with Crippen LogP contribution in [0.5, 0.6) is 0 Å². The molecule has 1 aromatic heterocycles. The summed E-state index contributed by atoms with van der Waals surface area (Å²) in [4.78, 5) is 17.5. The van der Waals surface area contributed by atoms with Crippen LogP contribution >= 0.6 is 0 Å². The molecule has 90 valence electrons. The Hall–Kier alpha value is -1.43. The highest BCUT2D eigenvalue weighted by Gasteiger charge is 2.17. The summed E-state index contributed by atoms with van der Waals surface area (Å²) >= 11 is 0. The van der Waals surface area contributed by atoms with Gasteiger partial charge in [0.1, 0.15) is 6.33 Å². The van der Waals surface area contributed by atoms with Crippen LogP contribution in [0.3, 0.4) is 0 Å². The van der Waals surface area contributed by atoms with Gasteiger partial charge in [0, 0.05) is 12.6 Å². The number of H-pyrrole nitrogens is 1. The molecule has 0 bridgehead atoms. The van der Waals surface area contributed by atoms with Crippen molar-refractivity contribution in [3.8, 4) is 0 Å². The number of aromatic amines is 1. The van der Waals surface area contributed by atoms with Gasteiger partial charge in [0.2, 0.25) is 5.82 Å². The van der Waals surface area contributed by atoms with Crippen LogP contribution < -0.4 is 5.32 Å². The average Bonchev–Trinajstić information content (AvgIpc) is 2.69. The molecule has 6 nitrogen and oxygen atoms in total. The van der Waals surface area contributed by atoms with Crippen molar-refractivity contribution in [2.75, 3.05) is 20.6 Å². The quantitative estimate of drug-likeness (QED) is 0.746. The van der Waals surface area contributed by atoms with Crippen molar-refractivity contribution in [2.45, 2.75) is 19.9 Å². The van der Waals surface area contributed by atoms with Gasteiger partial charge in [-0.2, -0.15) is 5.10 Å². The molecule has 1 amide bonds.